The van der Waals surface area contributed by atoms with E-state index in [4.69, 9.17) is 0 Å². The molecule has 2 N–H and O–H groups in total. The van der Waals surface area contributed by atoms with Gasteiger partial charge in [0.2, 0.25) is 5.91 Å². The van der Waals surface area contributed by atoms with Gasteiger partial charge in [0.1, 0.15) is 6.54 Å². The number of hydrogen-bond donors (Lipinski definition) is 2. The first-order valence-corrected chi connectivity index (χ1v) is 7.58. The number of amides is 1. The lowest BCUT2D eigenvalue weighted by molar-refractivity contribution is -0.117. The van der Waals surface area contributed by atoms with Crippen LogP contribution in [0, 0.1) is 6.92 Å². The zero-order valence-corrected chi connectivity index (χ0v) is 12.8. The molecular weight excluding hydrogens is 296 g/mol. The molecule has 2 aromatic rings. The molecule has 1 heterocycles. The highest BCUT2D eigenvalue weighted by molar-refractivity contribution is 5.91. The molecule has 3 rings (SSSR count). The van der Waals surface area contributed by atoms with Gasteiger partial charge in [-0.2, -0.15) is 0 Å². The number of aryl methyl sites for hydroxylation is 1. The molecule has 1 fully saturated rings. The van der Waals surface area contributed by atoms with Crippen molar-refractivity contribution in [1.82, 2.24) is 15.0 Å². The third kappa shape index (κ3) is 3.23. The van der Waals surface area contributed by atoms with Gasteiger partial charge in [0.15, 0.2) is 5.69 Å². The summed E-state index contributed by atoms with van der Waals surface area (Å²) in [5.41, 5.74) is 2.27. The van der Waals surface area contributed by atoms with Crippen molar-refractivity contribution in [2.45, 2.75) is 38.6 Å². The van der Waals surface area contributed by atoms with Crippen LogP contribution < -0.4 is 5.32 Å². The van der Waals surface area contributed by atoms with Gasteiger partial charge in [0, 0.05) is 11.6 Å². The van der Waals surface area contributed by atoms with Crippen molar-refractivity contribution in [3.63, 3.8) is 0 Å². The van der Waals surface area contributed by atoms with Gasteiger partial charge in [-0.3, -0.25) is 4.79 Å². The molecule has 1 aliphatic rings. The Morgan fingerprint density at radius 1 is 1.39 bits per heavy atom. The van der Waals surface area contributed by atoms with E-state index in [0.29, 0.717) is 11.4 Å². The Morgan fingerprint density at radius 2 is 2.17 bits per heavy atom. The first kappa shape index (κ1) is 15.2. The molecule has 0 spiro atoms. The average molecular weight is 314 g/mol. The normalized spacial score (nSPS) is 14.3. The van der Waals surface area contributed by atoms with E-state index in [1.54, 1.807) is 0 Å². The van der Waals surface area contributed by atoms with E-state index in [9.17, 15) is 14.7 Å². The molecule has 7 heteroatoms. The quantitative estimate of drug-likeness (QED) is 0.881. The molecule has 1 saturated carbocycles. The van der Waals surface area contributed by atoms with Gasteiger partial charge < -0.3 is 10.4 Å². The van der Waals surface area contributed by atoms with E-state index >= 15 is 0 Å². The van der Waals surface area contributed by atoms with Crippen LogP contribution in [0.15, 0.2) is 24.3 Å². The van der Waals surface area contributed by atoms with Crippen molar-refractivity contribution in [2.24, 2.45) is 0 Å². The molecule has 1 aromatic heterocycles. The van der Waals surface area contributed by atoms with Crippen LogP contribution in [-0.2, 0) is 11.3 Å². The van der Waals surface area contributed by atoms with Crippen molar-refractivity contribution < 1.29 is 14.7 Å². The lowest BCUT2D eigenvalue weighted by Gasteiger charge is -2.26. The summed E-state index contributed by atoms with van der Waals surface area (Å²) in [6, 6.07) is 7.49. The molecule has 7 nitrogen and oxygen atoms in total. The van der Waals surface area contributed by atoms with Crippen LogP contribution in [0.25, 0.3) is 0 Å². The summed E-state index contributed by atoms with van der Waals surface area (Å²) in [5.74, 6) is -1.22. The van der Waals surface area contributed by atoms with Crippen molar-refractivity contribution in [1.29, 1.82) is 0 Å². The Bertz CT molecular complexity index is 750. The third-order valence-electron chi connectivity index (χ3n) is 4.06. The SMILES string of the molecule is Cc1cccc(NC(=O)Cn2nnc(C(=O)O)c2C2CCC2)c1. The van der Waals surface area contributed by atoms with Crippen LogP contribution in [0.4, 0.5) is 5.69 Å². The molecule has 0 aliphatic heterocycles. The molecule has 1 aromatic carbocycles. The van der Waals surface area contributed by atoms with Crippen molar-refractivity contribution in [3.05, 3.63) is 41.2 Å². The number of carboxylic acids is 1. The Labute approximate surface area is 133 Å². The second kappa shape index (κ2) is 6.20. The fraction of sp³-hybridized carbons (Fsp3) is 0.375. The fourth-order valence-corrected chi connectivity index (χ4v) is 2.73. The smallest absolute Gasteiger partial charge is 0.358 e. The van der Waals surface area contributed by atoms with Crippen LogP contribution >= 0.6 is 0 Å². The van der Waals surface area contributed by atoms with Gasteiger partial charge in [-0.05, 0) is 37.5 Å². The Kier molecular flexibility index (Phi) is 4.10. The highest BCUT2D eigenvalue weighted by atomic mass is 16.4. The zero-order chi connectivity index (χ0) is 16.4. The monoisotopic (exact) mass is 314 g/mol. The second-order valence-electron chi connectivity index (χ2n) is 5.83. The van der Waals surface area contributed by atoms with Crippen LogP contribution in [0.1, 0.15) is 46.9 Å². The maximum atomic E-state index is 12.2. The topological polar surface area (TPSA) is 97.1 Å². The first-order valence-electron chi connectivity index (χ1n) is 7.58. The van der Waals surface area contributed by atoms with E-state index in [1.165, 1.54) is 4.68 Å². The van der Waals surface area contributed by atoms with Crippen LogP contribution in [0.2, 0.25) is 0 Å². The predicted octanol–water partition coefficient (Wildman–Crippen LogP) is 2.19. The summed E-state index contributed by atoms with van der Waals surface area (Å²) < 4.78 is 1.42. The molecule has 120 valence electrons. The van der Waals surface area contributed by atoms with Crippen molar-refractivity contribution in [3.8, 4) is 0 Å². The molecular formula is C16H18N4O3. The number of aromatic nitrogens is 3. The minimum atomic E-state index is -1.10. The number of nitrogens with one attached hydrogen (secondary N) is 1. The number of aromatic carboxylic acids is 1. The molecule has 1 aliphatic carbocycles. The summed E-state index contributed by atoms with van der Waals surface area (Å²) in [6.45, 7) is 1.90. The van der Waals surface area contributed by atoms with Crippen LogP contribution in [-0.4, -0.2) is 32.0 Å². The maximum absolute atomic E-state index is 12.2. The van der Waals surface area contributed by atoms with E-state index in [0.717, 1.165) is 24.8 Å². The number of carboxylic acid groups (broad SMARTS) is 1. The third-order valence-corrected chi connectivity index (χ3v) is 4.06. The summed E-state index contributed by atoms with van der Waals surface area (Å²) >= 11 is 0. The largest absolute Gasteiger partial charge is 0.476 e. The molecule has 23 heavy (non-hydrogen) atoms. The standard InChI is InChI=1S/C16H18N4O3/c1-10-4-2-7-12(8-10)17-13(21)9-20-15(11-5-3-6-11)14(16(22)23)18-19-20/h2,4,7-8,11H,3,5-6,9H2,1H3,(H,17,21)(H,22,23). The second-order valence-corrected chi connectivity index (χ2v) is 5.83. The molecule has 0 unspecified atom stereocenters. The van der Waals surface area contributed by atoms with E-state index in [1.807, 2.05) is 31.2 Å². The summed E-state index contributed by atoms with van der Waals surface area (Å²) in [7, 11) is 0. The van der Waals surface area contributed by atoms with Gasteiger partial charge >= 0.3 is 5.97 Å². The predicted molar refractivity (Wildman–Crippen MR) is 83.4 cm³/mol. The number of rotatable bonds is 5. The van der Waals surface area contributed by atoms with E-state index < -0.39 is 5.97 Å². The highest BCUT2D eigenvalue weighted by Crippen LogP contribution is 2.37. The minimum Gasteiger partial charge on any atom is -0.476 e. The molecule has 0 bridgehead atoms. The van der Waals surface area contributed by atoms with Gasteiger partial charge in [-0.15, -0.1) is 5.10 Å². The van der Waals surface area contributed by atoms with Crippen molar-refractivity contribution in [2.75, 3.05) is 5.32 Å². The fourth-order valence-electron chi connectivity index (χ4n) is 2.73. The van der Waals surface area contributed by atoms with Gasteiger partial charge in [-0.25, -0.2) is 9.48 Å². The van der Waals surface area contributed by atoms with Gasteiger partial charge in [0.25, 0.3) is 0 Å². The molecule has 0 atom stereocenters. The average Bonchev–Trinajstić information content (AvgIpc) is 2.80. The number of carbonyl (C=O) groups excluding carboxylic acids is 1. The number of nitrogens with zero attached hydrogens (tertiary/aromatic N) is 3. The first-order chi connectivity index (χ1) is 11.0. The summed E-state index contributed by atoms with van der Waals surface area (Å²) in [6.07, 6.45) is 2.88. The minimum absolute atomic E-state index is 0.0416. The maximum Gasteiger partial charge on any atom is 0.358 e. The number of hydrogen-bond acceptors (Lipinski definition) is 4. The summed E-state index contributed by atoms with van der Waals surface area (Å²) in [5, 5.41) is 19.6. The zero-order valence-electron chi connectivity index (χ0n) is 12.8. The molecule has 0 saturated heterocycles. The molecule has 0 radical (unpaired) electrons. The van der Waals surface area contributed by atoms with Gasteiger partial charge in [-0.1, -0.05) is 23.8 Å². The van der Waals surface area contributed by atoms with E-state index in [2.05, 4.69) is 15.6 Å². The molecule has 1 amide bonds. The lowest BCUT2D eigenvalue weighted by Crippen LogP contribution is -2.24. The number of benzene rings is 1. The van der Waals surface area contributed by atoms with Crippen LogP contribution in [0.3, 0.4) is 0 Å². The van der Waals surface area contributed by atoms with Crippen molar-refractivity contribution >= 4 is 17.6 Å². The Morgan fingerprint density at radius 3 is 2.78 bits per heavy atom. The van der Waals surface area contributed by atoms with Gasteiger partial charge in [0.05, 0.1) is 5.69 Å². The number of carbonyl (C=O) groups is 2. The Balaban J connectivity index is 1.77. The van der Waals surface area contributed by atoms with Crippen LogP contribution in [0.5, 0.6) is 0 Å². The summed E-state index contributed by atoms with van der Waals surface area (Å²) in [4.78, 5) is 23.5. The Hall–Kier alpha value is -2.70. The number of anilines is 1. The lowest BCUT2D eigenvalue weighted by atomic mass is 9.82. The van der Waals surface area contributed by atoms with E-state index in [-0.39, 0.29) is 24.1 Å². The highest BCUT2D eigenvalue weighted by Gasteiger charge is 2.31.